The van der Waals surface area contributed by atoms with Crippen LogP contribution in [0.15, 0.2) is 47.5 Å². The number of aryl methyl sites for hydroxylation is 2. The Bertz CT molecular complexity index is 907. The van der Waals surface area contributed by atoms with Crippen LogP contribution in [0.25, 0.3) is 11.0 Å². The molecular formula is C19H23N3OSi. The van der Waals surface area contributed by atoms with E-state index in [0.717, 1.165) is 33.9 Å². The molecule has 5 heteroatoms. The van der Waals surface area contributed by atoms with Gasteiger partial charge in [-0.25, -0.2) is 9.98 Å². The van der Waals surface area contributed by atoms with Crippen molar-refractivity contribution < 1.29 is 4.43 Å². The van der Waals surface area contributed by atoms with Crippen molar-refractivity contribution in [1.29, 1.82) is 0 Å². The predicted octanol–water partition coefficient (Wildman–Crippen LogP) is 4.85. The molecule has 24 heavy (non-hydrogen) atoms. The second-order valence-electron chi connectivity index (χ2n) is 6.91. The second kappa shape index (κ2) is 6.24. The molecule has 0 aliphatic heterocycles. The monoisotopic (exact) mass is 337 g/mol. The first kappa shape index (κ1) is 16.5. The Hall–Kier alpha value is -2.40. The van der Waals surface area contributed by atoms with Gasteiger partial charge in [-0.2, -0.15) is 0 Å². The SMILES string of the molecule is Cc1cccc(/N=C/c2nc3ccccc3n2C)c1O[Si](C)(C)C. The fraction of sp³-hybridized carbons (Fsp3) is 0.263. The molecule has 2 aromatic carbocycles. The maximum absolute atomic E-state index is 6.24. The van der Waals surface area contributed by atoms with E-state index in [-0.39, 0.29) is 0 Å². The van der Waals surface area contributed by atoms with Crippen LogP contribution in [-0.2, 0) is 7.05 Å². The molecule has 0 fully saturated rings. The number of nitrogens with zero attached hydrogens (tertiary/aromatic N) is 3. The predicted molar refractivity (Wildman–Crippen MR) is 103 cm³/mol. The van der Waals surface area contributed by atoms with Gasteiger partial charge in [0.15, 0.2) is 5.82 Å². The number of aliphatic imine (C=N–C) groups is 1. The second-order valence-corrected chi connectivity index (χ2v) is 11.3. The number of rotatable bonds is 4. The number of hydrogen-bond acceptors (Lipinski definition) is 3. The van der Waals surface area contributed by atoms with Gasteiger partial charge in [-0.05, 0) is 50.3 Å². The summed E-state index contributed by atoms with van der Waals surface area (Å²) < 4.78 is 8.29. The molecule has 0 atom stereocenters. The van der Waals surface area contributed by atoms with Crippen LogP contribution < -0.4 is 4.43 Å². The minimum absolute atomic E-state index is 0.830. The fourth-order valence-corrected chi connectivity index (χ4v) is 3.46. The van der Waals surface area contributed by atoms with Crippen molar-refractivity contribution >= 4 is 31.3 Å². The molecule has 0 N–H and O–H groups in total. The average Bonchev–Trinajstić information content (AvgIpc) is 2.84. The molecule has 3 aromatic rings. The Labute approximate surface area is 144 Å². The van der Waals surface area contributed by atoms with E-state index in [1.165, 1.54) is 0 Å². The van der Waals surface area contributed by atoms with Gasteiger partial charge in [-0.3, -0.25) is 0 Å². The highest BCUT2D eigenvalue weighted by molar-refractivity contribution is 6.70. The van der Waals surface area contributed by atoms with E-state index in [2.05, 4.69) is 48.7 Å². The molecule has 0 radical (unpaired) electrons. The standard InChI is InChI=1S/C19H23N3OSi/c1-14-9-8-11-16(19(14)23-24(3,4)5)20-13-18-21-15-10-6-7-12-17(15)22(18)2/h6-13H,1-5H3/b20-13+. The summed E-state index contributed by atoms with van der Waals surface area (Å²) in [5, 5.41) is 0. The summed E-state index contributed by atoms with van der Waals surface area (Å²) in [5.74, 6) is 1.71. The zero-order chi connectivity index (χ0) is 17.3. The van der Waals surface area contributed by atoms with Crippen molar-refractivity contribution in [2.24, 2.45) is 12.0 Å². The molecule has 3 rings (SSSR count). The number of para-hydroxylation sites is 3. The van der Waals surface area contributed by atoms with Crippen LogP contribution in [0.1, 0.15) is 11.4 Å². The summed E-state index contributed by atoms with van der Waals surface area (Å²) in [7, 11) is 0.305. The van der Waals surface area contributed by atoms with Crippen molar-refractivity contribution in [2.75, 3.05) is 0 Å². The summed E-state index contributed by atoms with van der Waals surface area (Å²) >= 11 is 0. The van der Waals surface area contributed by atoms with Crippen molar-refractivity contribution in [1.82, 2.24) is 9.55 Å². The Balaban J connectivity index is 1.99. The number of hydrogen-bond donors (Lipinski definition) is 0. The van der Waals surface area contributed by atoms with Crippen molar-refractivity contribution in [3.8, 4) is 5.75 Å². The van der Waals surface area contributed by atoms with E-state index in [9.17, 15) is 0 Å². The van der Waals surface area contributed by atoms with Gasteiger partial charge >= 0.3 is 0 Å². The molecule has 124 valence electrons. The number of benzene rings is 2. The first-order chi connectivity index (χ1) is 11.3. The van der Waals surface area contributed by atoms with E-state index < -0.39 is 8.32 Å². The molecule has 1 heterocycles. The van der Waals surface area contributed by atoms with E-state index >= 15 is 0 Å². The first-order valence-electron chi connectivity index (χ1n) is 8.09. The lowest BCUT2D eigenvalue weighted by Gasteiger charge is -2.22. The van der Waals surface area contributed by atoms with Gasteiger partial charge in [-0.15, -0.1) is 0 Å². The highest BCUT2D eigenvalue weighted by Gasteiger charge is 2.19. The number of aromatic nitrogens is 2. The molecule has 0 aliphatic rings. The number of imidazole rings is 1. The molecule has 0 bridgehead atoms. The van der Waals surface area contributed by atoms with E-state index in [1.807, 2.05) is 48.2 Å². The largest absolute Gasteiger partial charge is 0.543 e. The zero-order valence-electron chi connectivity index (χ0n) is 14.9. The lowest BCUT2D eigenvalue weighted by molar-refractivity contribution is 0.554. The minimum atomic E-state index is -1.70. The summed E-state index contributed by atoms with van der Waals surface area (Å²) in [6.45, 7) is 8.60. The van der Waals surface area contributed by atoms with Crippen molar-refractivity contribution in [3.05, 3.63) is 53.9 Å². The van der Waals surface area contributed by atoms with Crippen LogP contribution in [0.4, 0.5) is 5.69 Å². The Morgan fingerprint density at radius 1 is 1.08 bits per heavy atom. The van der Waals surface area contributed by atoms with Gasteiger partial charge < -0.3 is 8.99 Å². The molecule has 0 amide bonds. The average molecular weight is 337 g/mol. The van der Waals surface area contributed by atoms with Gasteiger partial charge in [-0.1, -0.05) is 24.3 Å². The normalized spacial score (nSPS) is 12.2. The Morgan fingerprint density at radius 3 is 2.54 bits per heavy atom. The third kappa shape index (κ3) is 3.41. The fourth-order valence-electron chi connectivity index (χ4n) is 2.58. The molecule has 0 unspecified atom stereocenters. The van der Waals surface area contributed by atoms with E-state index in [1.54, 1.807) is 0 Å². The third-order valence-corrected chi connectivity index (χ3v) is 4.56. The van der Waals surface area contributed by atoms with E-state index in [4.69, 9.17) is 4.43 Å². The lowest BCUT2D eigenvalue weighted by Crippen LogP contribution is -2.29. The summed E-state index contributed by atoms with van der Waals surface area (Å²) in [5.41, 5.74) is 4.03. The van der Waals surface area contributed by atoms with Gasteiger partial charge in [0.25, 0.3) is 0 Å². The van der Waals surface area contributed by atoms with Crippen LogP contribution >= 0.6 is 0 Å². The van der Waals surface area contributed by atoms with Crippen LogP contribution in [-0.4, -0.2) is 24.1 Å². The van der Waals surface area contributed by atoms with Crippen LogP contribution in [0, 0.1) is 6.92 Å². The van der Waals surface area contributed by atoms with Gasteiger partial charge in [0, 0.05) is 7.05 Å². The highest BCUT2D eigenvalue weighted by atomic mass is 28.4. The van der Waals surface area contributed by atoms with Crippen molar-refractivity contribution in [3.63, 3.8) is 0 Å². The molecular weight excluding hydrogens is 314 g/mol. The van der Waals surface area contributed by atoms with Gasteiger partial charge in [0.1, 0.15) is 11.4 Å². The Kier molecular flexibility index (Phi) is 4.28. The topological polar surface area (TPSA) is 39.4 Å². The maximum Gasteiger partial charge on any atom is 0.242 e. The zero-order valence-corrected chi connectivity index (χ0v) is 15.9. The first-order valence-corrected chi connectivity index (χ1v) is 11.5. The summed E-state index contributed by atoms with van der Waals surface area (Å²) in [6, 6.07) is 14.1. The van der Waals surface area contributed by atoms with E-state index in [0.29, 0.717) is 0 Å². The highest BCUT2D eigenvalue weighted by Crippen LogP contribution is 2.33. The quantitative estimate of drug-likeness (QED) is 0.504. The van der Waals surface area contributed by atoms with Crippen molar-refractivity contribution in [2.45, 2.75) is 26.6 Å². The minimum Gasteiger partial charge on any atom is -0.543 e. The molecule has 0 spiro atoms. The van der Waals surface area contributed by atoms with Gasteiger partial charge in [0.05, 0.1) is 17.2 Å². The molecule has 0 saturated heterocycles. The smallest absolute Gasteiger partial charge is 0.242 e. The van der Waals surface area contributed by atoms with Gasteiger partial charge in [0.2, 0.25) is 8.32 Å². The lowest BCUT2D eigenvalue weighted by atomic mass is 10.2. The summed E-state index contributed by atoms with van der Waals surface area (Å²) in [6.07, 6.45) is 1.81. The molecule has 1 aromatic heterocycles. The van der Waals surface area contributed by atoms with Crippen LogP contribution in [0.3, 0.4) is 0 Å². The molecule has 4 nitrogen and oxygen atoms in total. The molecule has 0 aliphatic carbocycles. The Morgan fingerprint density at radius 2 is 1.83 bits per heavy atom. The van der Waals surface area contributed by atoms with Crippen LogP contribution in [0.2, 0.25) is 19.6 Å². The third-order valence-electron chi connectivity index (χ3n) is 3.74. The summed E-state index contributed by atoms with van der Waals surface area (Å²) in [4.78, 5) is 9.30. The number of fused-ring (bicyclic) bond motifs is 1. The molecule has 0 saturated carbocycles. The van der Waals surface area contributed by atoms with Crippen LogP contribution in [0.5, 0.6) is 5.75 Å². The maximum atomic E-state index is 6.24.